The molecule has 1 heterocycles. The van der Waals surface area contributed by atoms with Crippen LogP contribution in [0.2, 0.25) is 0 Å². The quantitative estimate of drug-likeness (QED) is 0.408. The van der Waals surface area contributed by atoms with Crippen LogP contribution in [0.1, 0.15) is 31.8 Å². The van der Waals surface area contributed by atoms with Gasteiger partial charge in [0.25, 0.3) is 0 Å². The Morgan fingerprint density at radius 2 is 1.50 bits per heavy atom. The molecule has 1 aromatic heterocycles. The molecule has 0 saturated heterocycles. The number of aromatic nitrogens is 2. The largest absolute Gasteiger partial charge is 0.493 e. The molecule has 0 bridgehead atoms. The second-order valence-electron chi connectivity index (χ2n) is 6.58. The highest BCUT2D eigenvalue weighted by Gasteiger charge is 2.33. The number of hydrogen-bond acceptors (Lipinski definition) is 8. The molecule has 0 radical (unpaired) electrons. The number of fused-ring (bicyclic) bond motifs is 4. The molecule has 1 aliphatic rings. The molecule has 6 nitrogen and oxygen atoms in total. The van der Waals surface area contributed by atoms with Gasteiger partial charge in [0.1, 0.15) is 11.0 Å². The monoisotopic (exact) mass is 434 g/mol. The Morgan fingerprint density at radius 1 is 0.800 bits per heavy atom. The summed E-state index contributed by atoms with van der Waals surface area (Å²) in [5.41, 5.74) is 2.59. The molecule has 0 atom stereocenters. The maximum atomic E-state index is 13.2. The van der Waals surface area contributed by atoms with Crippen LogP contribution < -0.4 is 9.47 Å². The molecule has 8 heteroatoms. The summed E-state index contributed by atoms with van der Waals surface area (Å²) in [6.45, 7) is 0. The molecule has 0 aliphatic heterocycles. The normalized spacial score (nSPS) is 12.6. The topological polar surface area (TPSA) is 78.4 Å². The van der Waals surface area contributed by atoms with Crippen molar-refractivity contribution in [2.45, 2.75) is 9.79 Å². The number of benzene rings is 3. The van der Waals surface area contributed by atoms with Gasteiger partial charge >= 0.3 is 0 Å². The van der Waals surface area contributed by atoms with Gasteiger partial charge in [0.2, 0.25) is 0 Å². The zero-order chi connectivity index (χ0) is 20.8. The average Bonchev–Trinajstić information content (AvgIpc) is 3.27. The van der Waals surface area contributed by atoms with E-state index in [0.717, 1.165) is 21.5 Å². The first-order chi connectivity index (χ1) is 14.6. The molecular formula is C22H14N2O4S2. The molecule has 0 N–H and O–H groups in total. The SMILES string of the molecule is COc1ccc(Sc2cc3c(c4nsnc24)C(=O)c2ccccc2C3=O)cc1OC. The summed E-state index contributed by atoms with van der Waals surface area (Å²) in [6.07, 6.45) is 0. The Bertz CT molecular complexity index is 1350. The number of hydrogen-bond donors (Lipinski definition) is 0. The first kappa shape index (κ1) is 18.8. The van der Waals surface area contributed by atoms with E-state index >= 15 is 0 Å². The van der Waals surface area contributed by atoms with Crippen molar-refractivity contribution in [3.8, 4) is 11.5 Å². The van der Waals surface area contributed by atoms with Crippen molar-refractivity contribution in [2.24, 2.45) is 0 Å². The number of ether oxygens (including phenoxy) is 2. The smallest absolute Gasteiger partial charge is 0.196 e. The fourth-order valence-electron chi connectivity index (χ4n) is 3.57. The Labute approximate surface area is 180 Å². The van der Waals surface area contributed by atoms with Gasteiger partial charge in [-0.3, -0.25) is 9.59 Å². The van der Waals surface area contributed by atoms with Crippen molar-refractivity contribution in [2.75, 3.05) is 14.2 Å². The summed E-state index contributed by atoms with van der Waals surface area (Å²) in [6, 6.07) is 14.2. The van der Waals surface area contributed by atoms with Crippen molar-refractivity contribution < 1.29 is 19.1 Å². The van der Waals surface area contributed by atoms with Crippen LogP contribution >= 0.6 is 23.5 Å². The minimum absolute atomic E-state index is 0.177. The molecular weight excluding hydrogens is 420 g/mol. The standard InChI is InChI=1S/C22H14N2O4S2/c1-27-15-8-7-11(9-16(15)28-2)29-17-10-14-18(20-19(17)23-30-24-20)22(26)13-6-4-3-5-12(13)21(14)25/h3-10H,1-2H3. The summed E-state index contributed by atoms with van der Waals surface area (Å²) in [7, 11) is 3.16. The fourth-order valence-corrected chi connectivity index (χ4v) is 5.16. The van der Waals surface area contributed by atoms with Gasteiger partial charge in [-0.1, -0.05) is 36.0 Å². The van der Waals surface area contributed by atoms with Crippen LogP contribution in [0, 0.1) is 0 Å². The molecule has 5 rings (SSSR count). The number of carbonyl (C=O) groups is 2. The van der Waals surface area contributed by atoms with Crippen molar-refractivity contribution >= 4 is 46.1 Å². The van der Waals surface area contributed by atoms with Crippen LogP contribution in [-0.2, 0) is 0 Å². The summed E-state index contributed by atoms with van der Waals surface area (Å²) < 4.78 is 19.4. The molecule has 4 aromatic rings. The maximum Gasteiger partial charge on any atom is 0.196 e. The van der Waals surface area contributed by atoms with E-state index in [-0.39, 0.29) is 11.6 Å². The van der Waals surface area contributed by atoms with Crippen LogP contribution in [0.25, 0.3) is 11.0 Å². The predicted molar refractivity (Wildman–Crippen MR) is 114 cm³/mol. The Morgan fingerprint density at radius 3 is 2.23 bits per heavy atom. The summed E-state index contributed by atoms with van der Waals surface area (Å²) >= 11 is 2.46. The Hall–Kier alpha value is -3.23. The Balaban J connectivity index is 1.67. The van der Waals surface area contributed by atoms with Crippen molar-refractivity contribution in [3.05, 3.63) is 70.8 Å². The number of carbonyl (C=O) groups excluding carboxylic acids is 2. The van der Waals surface area contributed by atoms with Gasteiger partial charge in [-0.15, -0.1) is 0 Å². The van der Waals surface area contributed by atoms with E-state index in [1.165, 1.54) is 11.8 Å². The molecule has 0 fully saturated rings. The first-order valence-electron chi connectivity index (χ1n) is 9.00. The number of ketones is 2. The lowest BCUT2D eigenvalue weighted by molar-refractivity contribution is 0.0980. The molecule has 3 aromatic carbocycles. The third-order valence-corrected chi connectivity index (χ3v) is 6.52. The van der Waals surface area contributed by atoms with Crippen LogP contribution in [0.3, 0.4) is 0 Å². The van der Waals surface area contributed by atoms with E-state index in [2.05, 4.69) is 8.75 Å². The second-order valence-corrected chi connectivity index (χ2v) is 8.23. The summed E-state index contributed by atoms with van der Waals surface area (Å²) in [5, 5.41) is 0. The third-order valence-electron chi connectivity index (χ3n) is 4.97. The van der Waals surface area contributed by atoms with Crippen LogP contribution in [0.4, 0.5) is 0 Å². The van der Waals surface area contributed by atoms with Gasteiger partial charge in [0.05, 0.1) is 31.5 Å². The van der Waals surface area contributed by atoms with E-state index in [9.17, 15) is 9.59 Å². The number of nitrogens with zero attached hydrogens (tertiary/aromatic N) is 2. The lowest BCUT2D eigenvalue weighted by atomic mass is 9.83. The van der Waals surface area contributed by atoms with Crippen LogP contribution in [0.15, 0.2) is 58.3 Å². The van der Waals surface area contributed by atoms with Crippen LogP contribution in [0.5, 0.6) is 11.5 Å². The predicted octanol–water partition coefficient (Wildman–Crippen LogP) is 4.64. The summed E-state index contributed by atoms with van der Waals surface area (Å²) in [5.74, 6) is 0.864. The Kier molecular flexibility index (Phi) is 4.52. The zero-order valence-electron chi connectivity index (χ0n) is 16.0. The zero-order valence-corrected chi connectivity index (χ0v) is 17.6. The van der Waals surface area contributed by atoms with Gasteiger partial charge in [-0.25, -0.2) is 0 Å². The molecule has 0 spiro atoms. The van der Waals surface area contributed by atoms with E-state index in [1.54, 1.807) is 44.6 Å². The third kappa shape index (κ3) is 2.79. The minimum Gasteiger partial charge on any atom is -0.493 e. The first-order valence-corrected chi connectivity index (χ1v) is 10.5. The molecule has 1 aliphatic carbocycles. The average molecular weight is 434 g/mol. The van der Waals surface area contributed by atoms with Crippen molar-refractivity contribution in [3.63, 3.8) is 0 Å². The number of methoxy groups -OCH3 is 2. The van der Waals surface area contributed by atoms with E-state index in [4.69, 9.17) is 9.47 Å². The van der Waals surface area contributed by atoms with Gasteiger partial charge < -0.3 is 9.47 Å². The highest BCUT2D eigenvalue weighted by atomic mass is 32.2. The summed E-state index contributed by atoms with van der Waals surface area (Å²) in [4.78, 5) is 27.9. The fraction of sp³-hybridized carbons (Fsp3) is 0.0909. The molecule has 0 amide bonds. The lowest BCUT2D eigenvalue weighted by Gasteiger charge is -2.18. The molecule has 0 saturated carbocycles. The molecule has 30 heavy (non-hydrogen) atoms. The number of rotatable bonds is 4. The molecule has 0 unspecified atom stereocenters. The van der Waals surface area contributed by atoms with Gasteiger partial charge in [0.15, 0.2) is 23.1 Å². The van der Waals surface area contributed by atoms with Gasteiger partial charge in [-0.2, -0.15) is 8.75 Å². The van der Waals surface area contributed by atoms with E-state index in [0.29, 0.717) is 44.8 Å². The second kappa shape index (κ2) is 7.23. The highest BCUT2D eigenvalue weighted by Crippen LogP contribution is 2.41. The molecule has 148 valence electrons. The lowest BCUT2D eigenvalue weighted by Crippen LogP contribution is -2.21. The minimum atomic E-state index is -0.194. The van der Waals surface area contributed by atoms with Crippen molar-refractivity contribution in [1.82, 2.24) is 8.75 Å². The van der Waals surface area contributed by atoms with Gasteiger partial charge in [0, 0.05) is 26.5 Å². The van der Waals surface area contributed by atoms with E-state index < -0.39 is 0 Å². The van der Waals surface area contributed by atoms with Crippen molar-refractivity contribution in [1.29, 1.82) is 0 Å². The maximum absolute atomic E-state index is 13.2. The highest BCUT2D eigenvalue weighted by molar-refractivity contribution is 7.99. The van der Waals surface area contributed by atoms with Gasteiger partial charge in [-0.05, 0) is 24.3 Å². The van der Waals surface area contributed by atoms with Crippen LogP contribution in [-0.4, -0.2) is 34.5 Å². The van der Waals surface area contributed by atoms with E-state index in [1.807, 2.05) is 18.2 Å².